The number of aliphatic hydroxyl groups is 1. The molecule has 0 aromatic carbocycles. The molecule has 1 rings (SSSR count). The Morgan fingerprint density at radius 1 is 1.85 bits per heavy atom. The van der Waals surface area contributed by atoms with Gasteiger partial charge < -0.3 is 20.4 Å². The Labute approximate surface area is 80.2 Å². The van der Waals surface area contributed by atoms with Gasteiger partial charge in [-0.2, -0.15) is 0 Å². The molecular formula is C7H11N3O2S. The van der Waals surface area contributed by atoms with E-state index in [2.05, 4.69) is 15.3 Å². The van der Waals surface area contributed by atoms with Gasteiger partial charge in [0, 0.05) is 12.7 Å². The van der Waals surface area contributed by atoms with Crippen molar-refractivity contribution < 1.29 is 9.90 Å². The molecular weight excluding hydrogens is 190 g/mol. The van der Waals surface area contributed by atoms with Crippen LogP contribution in [-0.4, -0.2) is 33.6 Å². The smallest absolute Gasteiger partial charge is 0.269 e. The minimum absolute atomic E-state index is 0.227. The first-order valence-corrected chi connectivity index (χ1v) is 4.24. The maximum atomic E-state index is 11.2. The number of rotatable bonds is 3. The number of H-pyrrole nitrogens is 2. The van der Waals surface area contributed by atoms with E-state index in [9.17, 15) is 4.79 Å². The van der Waals surface area contributed by atoms with Crippen molar-refractivity contribution in [3.05, 3.63) is 16.7 Å². The second-order valence-corrected chi connectivity index (χ2v) is 3.12. The maximum absolute atomic E-state index is 11.2. The van der Waals surface area contributed by atoms with Crippen molar-refractivity contribution in [2.45, 2.75) is 13.0 Å². The SMILES string of the molecule is C[C@@H](O)CNC(=O)c1c[nH]c(=S)[nH]1. The first kappa shape index (κ1) is 9.94. The van der Waals surface area contributed by atoms with Gasteiger partial charge in [0.25, 0.3) is 5.91 Å². The van der Waals surface area contributed by atoms with Gasteiger partial charge in [-0.1, -0.05) is 0 Å². The zero-order chi connectivity index (χ0) is 9.84. The lowest BCUT2D eigenvalue weighted by atomic mass is 10.4. The van der Waals surface area contributed by atoms with Crippen LogP contribution in [0.1, 0.15) is 17.4 Å². The third-order valence-corrected chi connectivity index (χ3v) is 1.62. The predicted octanol–water partition coefficient (Wildman–Crippen LogP) is 0.183. The van der Waals surface area contributed by atoms with Crippen molar-refractivity contribution in [1.29, 1.82) is 0 Å². The van der Waals surface area contributed by atoms with Crippen LogP contribution in [0, 0.1) is 4.77 Å². The number of carbonyl (C=O) groups is 1. The van der Waals surface area contributed by atoms with Crippen LogP contribution in [-0.2, 0) is 0 Å². The molecule has 4 N–H and O–H groups in total. The lowest BCUT2D eigenvalue weighted by Crippen LogP contribution is -2.30. The molecule has 1 amide bonds. The molecule has 0 aliphatic carbocycles. The van der Waals surface area contributed by atoms with Crippen LogP contribution in [0.5, 0.6) is 0 Å². The minimum atomic E-state index is -0.550. The van der Waals surface area contributed by atoms with Crippen molar-refractivity contribution in [2.24, 2.45) is 0 Å². The predicted molar refractivity (Wildman–Crippen MR) is 50.0 cm³/mol. The number of hydrogen-bond donors (Lipinski definition) is 4. The van der Waals surface area contributed by atoms with Crippen LogP contribution in [0.15, 0.2) is 6.20 Å². The minimum Gasteiger partial charge on any atom is -0.392 e. The number of aliphatic hydroxyl groups excluding tert-OH is 1. The van der Waals surface area contributed by atoms with Gasteiger partial charge in [-0.25, -0.2) is 0 Å². The molecule has 1 aromatic rings. The number of imidazole rings is 1. The Morgan fingerprint density at radius 3 is 3.00 bits per heavy atom. The summed E-state index contributed by atoms with van der Waals surface area (Å²) in [5.41, 5.74) is 0.366. The van der Waals surface area contributed by atoms with E-state index in [1.54, 1.807) is 6.92 Å². The van der Waals surface area contributed by atoms with E-state index in [1.165, 1.54) is 6.20 Å². The van der Waals surface area contributed by atoms with E-state index >= 15 is 0 Å². The molecule has 1 aromatic heterocycles. The first-order chi connectivity index (χ1) is 6.09. The molecule has 0 bridgehead atoms. The Kier molecular flexibility index (Phi) is 3.21. The number of hydrogen-bond acceptors (Lipinski definition) is 3. The molecule has 0 unspecified atom stereocenters. The van der Waals surface area contributed by atoms with Crippen LogP contribution >= 0.6 is 12.2 Å². The molecule has 0 spiro atoms. The molecule has 0 aliphatic rings. The van der Waals surface area contributed by atoms with E-state index in [1.807, 2.05) is 0 Å². The molecule has 0 saturated heterocycles. The van der Waals surface area contributed by atoms with E-state index in [0.29, 0.717) is 10.5 Å². The van der Waals surface area contributed by atoms with E-state index in [-0.39, 0.29) is 12.5 Å². The average molecular weight is 201 g/mol. The number of carbonyl (C=O) groups excluding carboxylic acids is 1. The third-order valence-electron chi connectivity index (χ3n) is 1.40. The number of aromatic amines is 2. The van der Waals surface area contributed by atoms with Gasteiger partial charge in [-0.05, 0) is 19.1 Å². The molecule has 0 saturated carbocycles. The number of aromatic nitrogens is 2. The molecule has 72 valence electrons. The maximum Gasteiger partial charge on any atom is 0.269 e. The fraction of sp³-hybridized carbons (Fsp3) is 0.429. The Balaban J connectivity index is 2.54. The molecule has 1 atom stereocenters. The summed E-state index contributed by atoms with van der Waals surface area (Å²) in [6.07, 6.45) is 0.936. The normalized spacial score (nSPS) is 12.5. The summed E-state index contributed by atoms with van der Waals surface area (Å²) in [5, 5.41) is 11.4. The second kappa shape index (κ2) is 4.20. The summed E-state index contributed by atoms with van der Waals surface area (Å²) in [7, 11) is 0. The quantitative estimate of drug-likeness (QED) is 0.527. The van der Waals surface area contributed by atoms with Crippen LogP contribution in [0.4, 0.5) is 0 Å². The molecule has 0 fully saturated rings. The standard InChI is InChI=1S/C7H11N3O2S/c1-4(11)2-8-6(12)5-3-9-7(13)10-5/h3-4,11H,2H2,1H3,(H,8,12)(H2,9,10,13)/t4-/m1/s1. The van der Waals surface area contributed by atoms with Crippen LogP contribution in [0.2, 0.25) is 0 Å². The highest BCUT2D eigenvalue weighted by molar-refractivity contribution is 7.71. The molecule has 0 aliphatic heterocycles. The molecule has 6 heteroatoms. The summed E-state index contributed by atoms with van der Waals surface area (Å²) in [6.45, 7) is 1.82. The van der Waals surface area contributed by atoms with Crippen molar-refractivity contribution in [3.8, 4) is 0 Å². The van der Waals surface area contributed by atoms with Crippen LogP contribution in [0.25, 0.3) is 0 Å². The van der Waals surface area contributed by atoms with Gasteiger partial charge in [0.2, 0.25) is 0 Å². The van der Waals surface area contributed by atoms with Gasteiger partial charge >= 0.3 is 0 Å². The highest BCUT2D eigenvalue weighted by atomic mass is 32.1. The van der Waals surface area contributed by atoms with Gasteiger partial charge in [-0.15, -0.1) is 0 Å². The van der Waals surface area contributed by atoms with E-state index < -0.39 is 6.10 Å². The summed E-state index contributed by atoms with van der Waals surface area (Å²) in [6, 6.07) is 0. The highest BCUT2D eigenvalue weighted by Gasteiger charge is 2.06. The highest BCUT2D eigenvalue weighted by Crippen LogP contribution is 1.92. The molecule has 1 heterocycles. The van der Waals surface area contributed by atoms with E-state index in [0.717, 1.165) is 0 Å². The molecule has 0 radical (unpaired) electrons. The Bertz CT molecular complexity index is 342. The van der Waals surface area contributed by atoms with Crippen molar-refractivity contribution >= 4 is 18.1 Å². The third kappa shape index (κ3) is 3.00. The summed E-state index contributed by atoms with van der Waals surface area (Å²) < 4.78 is 0.405. The van der Waals surface area contributed by atoms with Gasteiger partial charge in [0.15, 0.2) is 4.77 Å². The lowest BCUT2D eigenvalue weighted by molar-refractivity contribution is 0.0919. The van der Waals surface area contributed by atoms with Crippen molar-refractivity contribution in [1.82, 2.24) is 15.3 Å². The zero-order valence-corrected chi connectivity index (χ0v) is 7.94. The number of amides is 1. The summed E-state index contributed by atoms with van der Waals surface area (Å²) in [4.78, 5) is 16.6. The van der Waals surface area contributed by atoms with Gasteiger partial charge in [0.1, 0.15) is 5.69 Å². The van der Waals surface area contributed by atoms with Crippen LogP contribution < -0.4 is 5.32 Å². The topological polar surface area (TPSA) is 80.9 Å². The van der Waals surface area contributed by atoms with Gasteiger partial charge in [-0.3, -0.25) is 4.79 Å². The molecule has 5 nitrogen and oxygen atoms in total. The second-order valence-electron chi connectivity index (χ2n) is 2.72. The fourth-order valence-corrected chi connectivity index (χ4v) is 0.959. The monoisotopic (exact) mass is 201 g/mol. The Morgan fingerprint density at radius 2 is 2.54 bits per heavy atom. The fourth-order valence-electron chi connectivity index (χ4n) is 0.790. The summed E-state index contributed by atoms with van der Waals surface area (Å²) >= 11 is 4.75. The van der Waals surface area contributed by atoms with Crippen molar-refractivity contribution in [2.75, 3.05) is 6.54 Å². The average Bonchev–Trinajstić information content (AvgIpc) is 2.47. The summed E-state index contributed by atoms with van der Waals surface area (Å²) in [5.74, 6) is -0.284. The van der Waals surface area contributed by atoms with E-state index in [4.69, 9.17) is 17.3 Å². The van der Waals surface area contributed by atoms with Crippen LogP contribution in [0.3, 0.4) is 0 Å². The largest absolute Gasteiger partial charge is 0.392 e. The zero-order valence-electron chi connectivity index (χ0n) is 7.13. The van der Waals surface area contributed by atoms with Gasteiger partial charge in [0.05, 0.1) is 6.10 Å². The Hall–Kier alpha value is -1.14. The molecule has 13 heavy (non-hydrogen) atoms. The lowest BCUT2D eigenvalue weighted by Gasteiger charge is -2.04. The van der Waals surface area contributed by atoms with Crippen molar-refractivity contribution in [3.63, 3.8) is 0 Å². The first-order valence-electron chi connectivity index (χ1n) is 3.83. The number of nitrogens with one attached hydrogen (secondary N) is 3.